The Balaban J connectivity index is 1.21. The van der Waals surface area contributed by atoms with Gasteiger partial charge in [0.1, 0.15) is 18.1 Å². The highest BCUT2D eigenvalue weighted by Crippen LogP contribution is 2.40. The number of alkyl halides is 2. The van der Waals surface area contributed by atoms with Crippen molar-refractivity contribution in [2.75, 3.05) is 19.7 Å². The van der Waals surface area contributed by atoms with Crippen LogP contribution >= 0.6 is 22.9 Å². The second-order valence-electron chi connectivity index (χ2n) is 8.92. The van der Waals surface area contributed by atoms with Crippen LogP contribution in [-0.4, -0.2) is 57.4 Å². The summed E-state index contributed by atoms with van der Waals surface area (Å²) >= 11 is 7.96. The highest BCUT2D eigenvalue weighted by atomic mass is 35.5. The van der Waals surface area contributed by atoms with Crippen molar-refractivity contribution in [2.45, 2.75) is 43.8 Å². The number of ether oxygens (including phenoxy) is 1. The van der Waals surface area contributed by atoms with Crippen molar-refractivity contribution >= 4 is 34.6 Å². The zero-order chi connectivity index (χ0) is 26.6. The van der Waals surface area contributed by atoms with E-state index < -0.39 is 24.5 Å². The molecular formula is C26H24ClF2N5O3S. The highest BCUT2D eigenvalue weighted by Gasteiger charge is 2.37. The fourth-order valence-electron chi connectivity index (χ4n) is 4.68. The van der Waals surface area contributed by atoms with Crippen LogP contribution in [0.4, 0.5) is 8.78 Å². The Hall–Kier alpha value is -3.49. The molecule has 0 N–H and O–H groups in total. The molecular weight excluding hydrogens is 536 g/mol. The van der Waals surface area contributed by atoms with E-state index in [1.165, 1.54) is 34.7 Å². The largest absolute Gasteiger partial charge is 0.480 e. The number of oxime groups is 1. The average molecular weight is 560 g/mol. The van der Waals surface area contributed by atoms with Gasteiger partial charge in [-0.3, -0.25) is 9.48 Å². The monoisotopic (exact) mass is 559 g/mol. The van der Waals surface area contributed by atoms with E-state index in [4.69, 9.17) is 32.6 Å². The number of likely N-dealkylation sites (tertiary alicyclic amines) is 1. The third kappa shape index (κ3) is 5.37. The van der Waals surface area contributed by atoms with Crippen LogP contribution < -0.4 is 4.74 Å². The van der Waals surface area contributed by atoms with E-state index >= 15 is 0 Å². The predicted molar refractivity (Wildman–Crippen MR) is 139 cm³/mol. The lowest BCUT2D eigenvalue weighted by atomic mass is 9.97. The first kappa shape index (κ1) is 26.1. The molecule has 38 heavy (non-hydrogen) atoms. The Morgan fingerprint density at radius 3 is 2.84 bits per heavy atom. The van der Waals surface area contributed by atoms with Crippen molar-refractivity contribution < 1.29 is 23.1 Å². The average Bonchev–Trinajstić information content (AvgIpc) is 3.70. The molecule has 0 bridgehead atoms. The van der Waals surface area contributed by atoms with E-state index in [0.29, 0.717) is 54.4 Å². The van der Waals surface area contributed by atoms with E-state index in [1.807, 2.05) is 5.38 Å². The molecule has 0 spiro atoms. The predicted octanol–water partition coefficient (Wildman–Crippen LogP) is 5.08. The fourth-order valence-corrected chi connectivity index (χ4v) is 5.97. The molecule has 2 aliphatic rings. The summed E-state index contributed by atoms with van der Waals surface area (Å²) in [6.07, 6.45) is 6.56. The number of thiazole rings is 1. The first-order valence-corrected chi connectivity index (χ1v) is 13.3. The first-order valence-electron chi connectivity index (χ1n) is 12.1. The van der Waals surface area contributed by atoms with Crippen LogP contribution in [0.5, 0.6) is 5.75 Å². The minimum Gasteiger partial charge on any atom is -0.480 e. The van der Waals surface area contributed by atoms with Crippen LogP contribution in [0.15, 0.2) is 47.2 Å². The summed E-state index contributed by atoms with van der Waals surface area (Å²) in [5.74, 6) is 2.51. The zero-order valence-electron chi connectivity index (χ0n) is 20.2. The van der Waals surface area contributed by atoms with Gasteiger partial charge in [0.15, 0.2) is 12.1 Å². The summed E-state index contributed by atoms with van der Waals surface area (Å²) in [6.45, 7) is 0.865. The summed E-state index contributed by atoms with van der Waals surface area (Å²) in [5, 5.41) is 11.5. The van der Waals surface area contributed by atoms with Crippen LogP contribution in [0.2, 0.25) is 5.02 Å². The summed E-state index contributed by atoms with van der Waals surface area (Å²) in [4.78, 5) is 24.8. The van der Waals surface area contributed by atoms with Crippen molar-refractivity contribution in [3.63, 3.8) is 0 Å². The maximum atomic E-state index is 13.6. The quantitative estimate of drug-likeness (QED) is 0.359. The number of rotatable bonds is 8. The minimum absolute atomic E-state index is 0.111. The molecule has 0 aliphatic carbocycles. The van der Waals surface area contributed by atoms with Crippen LogP contribution in [0, 0.1) is 12.3 Å². The Morgan fingerprint density at radius 1 is 1.32 bits per heavy atom. The molecule has 1 amide bonds. The molecule has 0 saturated carbocycles. The number of carbonyl (C=O) groups excluding carboxylic acids is 1. The molecule has 2 aliphatic heterocycles. The van der Waals surface area contributed by atoms with E-state index in [0.717, 1.165) is 15.4 Å². The van der Waals surface area contributed by atoms with Gasteiger partial charge in [0.25, 0.3) is 12.3 Å². The Bertz CT molecular complexity index is 1350. The summed E-state index contributed by atoms with van der Waals surface area (Å²) < 4.78 is 33.9. The van der Waals surface area contributed by atoms with Gasteiger partial charge in [-0.15, -0.1) is 17.8 Å². The number of hydrogen-bond acceptors (Lipinski definition) is 7. The third-order valence-corrected chi connectivity index (χ3v) is 7.93. The number of carbonyl (C=O) groups is 1. The summed E-state index contributed by atoms with van der Waals surface area (Å²) in [6, 6.07) is 5.24. The molecule has 5 rings (SSSR count). The SMILES string of the molecule is C#CCOc1cccc(Cl)c1[C@H]1CC(c2csc(C3CCN(C(=O)C(C(F)F)n4cccn4)CC3)n2)=NO1. The lowest BCUT2D eigenvalue weighted by Crippen LogP contribution is -2.44. The van der Waals surface area contributed by atoms with Crippen molar-refractivity contribution in [1.29, 1.82) is 0 Å². The number of nitrogens with zero attached hydrogens (tertiary/aromatic N) is 5. The smallest absolute Gasteiger partial charge is 0.269 e. The second kappa shape index (κ2) is 11.5. The fraction of sp³-hybridized carbons (Fsp3) is 0.385. The van der Waals surface area contributed by atoms with Gasteiger partial charge in [-0.1, -0.05) is 28.7 Å². The Labute approximate surface area is 227 Å². The molecule has 1 unspecified atom stereocenters. The van der Waals surface area contributed by atoms with E-state index in [2.05, 4.69) is 16.2 Å². The number of amides is 1. The zero-order valence-corrected chi connectivity index (χ0v) is 21.7. The number of halogens is 3. The van der Waals surface area contributed by atoms with E-state index in [1.54, 1.807) is 18.2 Å². The van der Waals surface area contributed by atoms with Gasteiger partial charge in [-0.2, -0.15) is 5.10 Å². The topological polar surface area (TPSA) is 81.8 Å². The van der Waals surface area contributed by atoms with Gasteiger partial charge in [0.05, 0.1) is 21.3 Å². The third-order valence-electron chi connectivity index (χ3n) is 6.59. The molecule has 2 aromatic heterocycles. The van der Waals surface area contributed by atoms with Crippen molar-refractivity contribution in [1.82, 2.24) is 19.7 Å². The van der Waals surface area contributed by atoms with Crippen LogP contribution in [0.25, 0.3) is 0 Å². The van der Waals surface area contributed by atoms with Crippen LogP contribution in [-0.2, 0) is 9.63 Å². The Morgan fingerprint density at radius 2 is 2.13 bits per heavy atom. The molecule has 8 nitrogen and oxygen atoms in total. The van der Waals surface area contributed by atoms with Gasteiger partial charge in [-0.25, -0.2) is 13.8 Å². The van der Waals surface area contributed by atoms with Crippen LogP contribution in [0.3, 0.4) is 0 Å². The van der Waals surface area contributed by atoms with Gasteiger partial charge >= 0.3 is 0 Å². The molecule has 2 atom stereocenters. The molecule has 198 valence electrons. The number of benzene rings is 1. The number of aromatic nitrogens is 3. The maximum absolute atomic E-state index is 13.6. The number of piperidine rings is 1. The Kier molecular flexibility index (Phi) is 7.90. The molecule has 1 fully saturated rings. The molecule has 3 aromatic rings. The first-order chi connectivity index (χ1) is 18.5. The molecule has 0 radical (unpaired) electrons. The van der Waals surface area contributed by atoms with Crippen molar-refractivity contribution in [2.24, 2.45) is 5.16 Å². The van der Waals surface area contributed by atoms with Crippen molar-refractivity contribution in [3.05, 3.63) is 63.3 Å². The molecule has 4 heterocycles. The minimum atomic E-state index is -2.84. The second-order valence-corrected chi connectivity index (χ2v) is 10.2. The van der Waals surface area contributed by atoms with Crippen LogP contribution in [0.1, 0.15) is 53.6 Å². The molecule has 12 heteroatoms. The number of hydrogen-bond donors (Lipinski definition) is 0. The summed E-state index contributed by atoms with van der Waals surface area (Å²) in [5.41, 5.74) is 2.11. The normalized spacial score (nSPS) is 18.7. The van der Waals surface area contributed by atoms with Gasteiger partial charge in [0, 0.05) is 43.2 Å². The molecule has 1 aromatic carbocycles. The van der Waals surface area contributed by atoms with Gasteiger partial charge < -0.3 is 14.5 Å². The maximum Gasteiger partial charge on any atom is 0.269 e. The summed E-state index contributed by atoms with van der Waals surface area (Å²) in [7, 11) is 0. The van der Waals surface area contributed by atoms with E-state index in [-0.39, 0.29) is 12.5 Å². The molecule has 1 saturated heterocycles. The van der Waals surface area contributed by atoms with E-state index in [9.17, 15) is 13.6 Å². The highest BCUT2D eigenvalue weighted by molar-refractivity contribution is 7.10. The lowest BCUT2D eigenvalue weighted by molar-refractivity contribution is -0.141. The van der Waals surface area contributed by atoms with Crippen molar-refractivity contribution in [3.8, 4) is 18.1 Å². The number of terminal acetylenes is 1. The van der Waals surface area contributed by atoms with Gasteiger partial charge in [-0.05, 0) is 31.0 Å². The lowest BCUT2D eigenvalue weighted by Gasteiger charge is -2.33. The van der Waals surface area contributed by atoms with Gasteiger partial charge in [0.2, 0.25) is 0 Å². The standard InChI is InChI=1S/C26H24ClF2N5O3S/c1-2-13-36-20-6-3-5-17(27)22(20)21-14-18(32-37-21)19-15-38-25(31-19)16-7-11-33(12-8-16)26(35)23(24(28)29)34-10-4-9-30-34/h1,3-6,9-10,15-16,21,23-24H,7-8,11-14H2/t21-,23?/m1/s1.